The molecule has 0 aromatic carbocycles. The summed E-state index contributed by atoms with van der Waals surface area (Å²) in [6, 6.07) is 3.94. The van der Waals surface area contributed by atoms with Gasteiger partial charge < -0.3 is 21.0 Å². The van der Waals surface area contributed by atoms with Crippen LogP contribution in [0.15, 0.2) is 17.1 Å². The Balaban J connectivity index is 1.88. The van der Waals surface area contributed by atoms with Crippen LogP contribution in [0, 0.1) is 0 Å². The summed E-state index contributed by atoms with van der Waals surface area (Å²) >= 11 is 0. The third kappa shape index (κ3) is 1.69. The highest BCUT2D eigenvalue weighted by Gasteiger charge is 2.29. The maximum absolute atomic E-state index is 9.08. The molecule has 3 heterocycles. The van der Waals surface area contributed by atoms with Crippen LogP contribution in [0.1, 0.15) is 30.3 Å². The minimum absolute atomic E-state index is 0.0271. The van der Waals surface area contributed by atoms with Gasteiger partial charge in [0, 0.05) is 0 Å². The Morgan fingerprint density at radius 1 is 1.53 bits per heavy atom. The Labute approximate surface area is 99.1 Å². The highest BCUT2D eigenvalue weighted by Crippen LogP contribution is 2.33. The van der Waals surface area contributed by atoms with Crippen molar-refractivity contribution in [3.8, 4) is 0 Å². The number of ether oxygens (including phenoxy) is 1. The summed E-state index contributed by atoms with van der Waals surface area (Å²) < 4.78 is 7.70. The average molecular weight is 236 g/mol. The van der Waals surface area contributed by atoms with E-state index in [1.807, 2.05) is 16.8 Å². The van der Waals surface area contributed by atoms with Crippen molar-refractivity contribution in [2.75, 3.05) is 18.7 Å². The smallest absolute Gasteiger partial charge is 0.146 e. The molecular formula is C11H16N4O2. The van der Waals surface area contributed by atoms with Gasteiger partial charge in [-0.25, -0.2) is 4.99 Å². The van der Waals surface area contributed by atoms with Gasteiger partial charge in [0.25, 0.3) is 0 Å². The van der Waals surface area contributed by atoms with Crippen molar-refractivity contribution >= 4 is 5.84 Å². The Hall–Kier alpha value is -1.53. The standard InChI is InChI=1S/C11H16N4O2/c12-11-9-3-2-8(15(9)14-6-13-11)10-4-1-7(5-16)17-10/h2-3,7,10,14,16H,1,4-6H2,(H2,12,13). The predicted molar refractivity (Wildman–Crippen MR) is 63.3 cm³/mol. The lowest BCUT2D eigenvalue weighted by atomic mass is 10.1. The number of fused-ring (bicyclic) bond motifs is 1. The first-order valence-electron chi connectivity index (χ1n) is 5.81. The van der Waals surface area contributed by atoms with E-state index in [2.05, 4.69) is 10.4 Å². The molecule has 6 heteroatoms. The van der Waals surface area contributed by atoms with Gasteiger partial charge >= 0.3 is 0 Å². The first-order valence-corrected chi connectivity index (χ1v) is 5.81. The second kappa shape index (κ2) is 4.05. The van der Waals surface area contributed by atoms with Gasteiger partial charge in [0.05, 0.1) is 24.5 Å². The van der Waals surface area contributed by atoms with Crippen molar-refractivity contribution in [3.63, 3.8) is 0 Å². The number of aliphatic hydroxyl groups is 1. The van der Waals surface area contributed by atoms with Crippen LogP contribution in [0.2, 0.25) is 0 Å². The average Bonchev–Trinajstić information content (AvgIpc) is 2.94. The van der Waals surface area contributed by atoms with E-state index in [0.29, 0.717) is 12.5 Å². The van der Waals surface area contributed by atoms with Gasteiger partial charge in [-0.1, -0.05) is 0 Å². The molecule has 4 N–H and O–H groups in total. The summed E-state index contributed by atoms with van der Waals surface area (Å²) in [5, 5.41) is 9.08. The topological polar surface area (TPSA) is 84.8 Å². The van der Waals surface area contributed by atoms with Crippen molar-refractivity contribution in [1.82, 2.24) is 4.68 Å². The Morgan fingerprint density at radius 3 is 3.18 bits per heavy atom. The third-order valence-electron chi connectivity index (χ3n) is 3.29. The van der Waals surface area contributed by atoms with Gasteiger partial charge in [-0.2, -0.15) is 0 Å². The van der Waals surface area contributed by atoms with Crippen molar-refractivity contribution in [2.45, 2.75) is 25.0 Å². The monoisotopic (exact) mass is 236 g/mol. The zero-order valence-corrected chi connectivity index (χ0v) is 9.47. The number of nitrogens with one attached hydrogen (secondary N) is 1. The van der Waals surface area contributed by atoms with Gasteiger partial charge in [0.1, 0.15) is 18.2 Å². The molecule has 2 atom stereocenters. The fraction of sp³-hybridized carbons (Fsp3) is 0.545. The first kappa shape index (κ1) is 10.6. The van der Waals surface area contributed by atoms with Crippen LogP contribution in [-0.2, 0) is 4.74 Å². The summed E-state index contributed by atoms with van der Waals surface area (Å²) in [5.74, 6) is 0.548. The van der Waals surface area contributed by atoms with E-state index in [4.69, 9.17) is 15.6 Å². The zero-order chi connectivity index (χ0) is 11.8. The lowest BCUT2D eigenvalue weighted by Gasteiger charge is -2.21. The molecule has 0 radical (unpaired) electrons. The van der Waals surface area contributed by atoms with Crippen LogP contribution >= 0.6 is 0 Å². The van der Waals surface area contributed by atoms with E-state index in [1.165, 1.54) is 0 Å². The largest absolute Gasteiger partial charge is 0.394 e. The van der Waals surface area contributed by atoms with Gasteiger partial charge in [-0.05, 0) is 25.0 Å². The van der Waals surface area contributed by atoms with Gasteiger partial charge in [0.15, 0.2) is 0 Å². The fourth-order valence-corrected chi connectivity index (χ4v) is 2.41. The molecule has 0 amide bonds. The molecule has 92 valence electrons. The number of aliphatic imine (C=N–C) groups is 1. The van der Waals surface area contributed by atoms with Crippen LogP contribution in [0.25, 0.3) is 0 Å². The molecule has 2 aliphatic rings. The molecule has 0 spiro atoms. The van der Waals surface area contributed by atoms with Gasteiger partial charge in [-0.3, -0.25) is 4.68 Å². The second-order valence-corrected chi connectivity index (χ2v) is 4.35. The van der Waals surface area contributed by atoms with Crippen LogP contribution in [0.5, 0.6) is 0 Å². The Bertz CT molecular complexity index is 454. The van der Waals surface area contributed by atoms with Crippen LogP contribution in [-0.4, -0.2) is 35.0 Å². The molecule has 0 bridgehead atoms. The van der Waals surface area contributed by atoms with Crippen LogP contribution in [0.4, 0.5) is 0 Å². The molecule has 1 fully saturated rings. The number of hydrogen-bond donors (Lipinski definition) is 3. The van der Waals surface area contributed by atoms with Crippen molar-refractivity contribution in [2.24, 2.45) is 10.7 Å². The van der Waals surface area contributed by atoms with Gasteiger partial charge in [0.2, 0.25) is 0 Å². The molecule has 17 heavy (non-hydrogen) atoms. The number of aromatic nitrogens is 1. The molecule has 2 aliphatic heterocycles. The van der Waals surface area contributed by atoms with Crippen LogP contribution in [0.3, 0.4) is 0 Å². The zero-order valence-electron chi connectivity index (χ0n) is 9.47. The third-order valence-corrected chi connectivity index (χ3v) is 3.29. The lowest BCUT2D eigenvalue weighted by Crippen LogP contribution is -2.32. The number of nitrogens with zero attached hydrogens (tertiary/aromatic N) is 2. The van der Waals surface area contributed by atoms with Crippen molar-refractivity contribution in [1.29, 1.82) is 0 Å². The summed E-state index contributed by atoms with van der Waals surface area (Å²) in [4.78, 5) is 4.12. The van der Waals surface area contributed by atoms with E-state index in [0.717, 1.165) is 24.2 Å². The summed E-state index contributed by atoms with van der Waals surface area (Å²) in [5.41, 5.74) is 10.9. The first-order chi connectivity index (χ1) is 8.29. The van der Waals surface area contributed by atoms with E-state index >= 15 is 0 Å². The molecule has 1 aromatic heterocycles. The number of nitrogens with two attached hydrogens (primary N) is 1. The van der Waals surface area contributed by atoms with Crippen molar-refractivity contribution in [3.05, 3.63) is 23.5 Å². The van der Waals surface area contributed by atoms with Crippen molar-refractivity contribution < 1.29 is 9.84 Å². The number of aliphatic hydroxyl groups excluding tert-OH is 1. The number of amidine groups is 1. The molecule has 1 aromatic rings. The Kier molecular flexibility index (Phi) is 2.53. The normalized spacial score (nSPS) is 27.5. The number of rotatable bonds is 2. The number of hydrogen-bond acceptors (Lipinski definition) is 5. The highest BCUT2D eigenvalue weighted by atomic mass is 16.5. The molecule has 1 saturated heterocycles. The minimum atomic E-state index is -0.0410. The maximum atomic E-state index is 9.08. The molecule has 0 saturated carbocycles. The summed E-state index contributed by atoms with van der Waals surface area (Å²) in [6.45, 7) is 0.567. The molecular weight excluding hydrogens is 220 g/mol. The predicted octanol–water partition coefficient (Wildman–Crippen LogP) is -0.0796. The van der Waals surface area contributed by atoms with E-state index in [-0.39, 0.29) is 18.8 Å². The van der Waals surface area contributed by atoms with E-state index in [9.17, 15) is 0 Å². The SMILES string of the molecule is NC1=NCNn2c1ccc2C1CCC(CO)O1. The fourth-order valence-electron chi connectivity index (χ4n) is 2.41. The lowest BCUT2D eigenvalue weighted by molar-refractivity contribution is 0.00822. The maximum Gasteiger partial charge on any atom is 0.146 e. The van der Waals surface area contributed by atoms with E-state index < -0.39 is 0 Å². The molecule has 2 unspecified atom stereocenters. The van der Waals surface area contributed by atoms with Crippen LogP contribution < -0.4 is 11.2 Å². The Morgan fingerprint density at radius 2 is 2.41 bits per heavy atom. The highest BCUT2D eigenvalue weighted by molar-refractivity contribution is 5.96. The quantitative estimate of drug-likeness (QED) is 0.670. The summed E-state index contributed by atoms with van der Waals surface area (Å²) in [6.07, 6.45) is 1.80. The summed E-state index contributed by atoms with van der Waals surface area (Å²) in [7, 11) is 0. The van der Waals surface area contributed by atoms with Gasteiger partial charge in [-0.15, -0.1) is 0 Å². The minimum Gasteiger partial charge on any atom is -0.394 e. The van der Waals surface area contributed by atoms with E-state index in [1.54, 1.807) is 0 Å². The molecule has 6 nitrogen and oxygen atoms in total. The molecule has 0 aliphatic carbocycles. The second-order valence-electron chi connectivity index (χ2n) is 4.35. The molecule has 3 rings (SSSR count).